The third-order valence-corrected chi connectivity index (χ3v) is 3.35. The molecule has 1 aliphatic carbocycles. The normalized spacial score (nSPS) is 22.8. The summed E-state index contributed by atoms with van der Waals surface area (Å²) in [6.45, 7) is 0. The van der Waals surface area contributed by atoms with Gasteiger partial charge >= 0.3 is 6.36 Å². The van der Waals surface area contributed by atoms with Crippen LogP contribution in [0.3, 0.4) is 0 Å². The molecule has 0 amide bonds. The second kappa shape index (κ2) is 7.96. The van der Waals surface area contributed by atoms with Crippen LogP contribution < -0.4 is 0 Å². The minimum absolute atomic E-state index is 0.555. The molecule has 0 saturated heterocycles. The molecule has 4 heteroatoms. The van der Waals surface area contributed by atoms with Crippen molar-refractivity contribution in [3.8, 4) is 0 Å². The van der Waals surface area contributed by atoms with Crippen LogP contribution in [0, 0.1) is 0 Å². The summed E-state index contributed by atoms with van der Waals surface area (Å²) in [5, 5.41) is 0. The highest BCUT2D eigenvalue weighted by Crippen LogP contribution is 2.25. The second-order valence-corrected chi connectivity index (χ2v) is 4.94. The van der Waals surface area contributed by atoms with Crippen LogP contribution in [-0.4, -0.2) is 12.5 Å². The molecule has 0 aromatic carbocycles. The van der Waals surface area contributed by atoms with Crippen LogP contribution in [0.4, 0.5) is 13.2 Å². The van der Waals surface area contributed by atoms with E-state index < -0.39 is 12.5 Å². The molecule has 17 heavy (non-hydrogen) atoms. The fourth-order valence-electron chi connectivity index (χ4n) is 2.43. The predicted octanol–water partition coefficient (Wildman–Crippen LogP) is 5.20. The summed E-state index contributed by atoms with van der Waals surface area (Å²) in [6, 6.07) is 0. The maximum absolute atomic E-state index is 12.2. The highest BCUT2D eigenvalue weighted by Gasteiger charge is 2.33. The first-order valence-corrected chi connectivity index (χ1v) is 6.82. The standard InChI is InChI=1S/C13H23F3O/c14-13(15,16)17-12-10-8-6-4-2-1-3-5-7-9-11-12/h12H,1-11H2. The molecule has 1 fully saturated rings. The number of rotatable bonds is 1. The molecule has 0 aromatic heterocycles. The average molecular weight is 252 g/mol. The van der Waals surface area contributed by atoms with Crippen molar-refractivity contribution in [2.75, 3.05) is 0 Å². The van der Waals surface area contributed by atoms with Gasteiger partial charge in [-0.25, -0.2) is 0 Å². The molecule has 0 heterocycles. The molecule has 102 valence electrons. The van der Waals surface area contributed by atoms with Crippen LogP contribution in [0.5, 0.6) is 0 Å². The molecule has 0 unspecified atom stereocenters. The van der Waals surface area contributed by atoms with Crippen LogP contribution in [0.2, 0.25) is 0 Å². The van der Waals surface area contributed by atoms with E-state index in [-0.39, 0.29) is 0 Å². The quantitative estimate of drug-likeness (QED) is 0.623. The number of hydrogen-bond acceptors (Lipinski definition) is 1. The van der Waals surface area contributed by atoms with Crippen molar-refractivity contribution in [3.05, 3.63) is 0 Å². The Morgan fingerprint density at radius 1 is 0.647 bits per heavy atom. The number of alkyl halides is 3. The molecule has 1 rings (SSSR count). The summed E-state index contributed by atoms with van der Waals surface area (Å²) in [5.74, 6) is 0. The lowest BCUT2D eigenvalue weighted by atomic mass is 9.99. The number of ether oxygens (including phenoxy) is 1. The van der Waals surface area contributed by atoms with Gasteiger partial charge in [0.1, 0.15) is 0 Å². The lowest BCUT2D eigenvalue weighted by Crippen LogP contribution is -2.24. The van der Waals surface area contributed by atoms with E-state index in [4.69, 9.17) is 0 Å². The predicted molar refractivity (Wildman–Crippen MR) is 61.7 cm³/mol. The first-order chi connectivity index (χ1) is 8.08. The topological polar surface area (TPSA) is 9.23 Å². The third kappa shape index (κ3) is 8.47. The maximum Gasteiger partial charge on any atom is 0.522 e. The van der Waals surface area contributed by atoms with Gasteiger partial charge < -0.3 is 0 Å². The number of halogens is 3. The largest absolute Gasteiger partial charge is 0.522 e. The molecule has 0 radical (unpaired) electrons. The van der Waals surface area contributed by atoms with E-state index in [2.05, 4.69) is 4.74 Å². The van der Waals surface area contributed by atoms with Crippen LogP contribution in [0.1, 0.15) is 70.6 Å². The van der Waals surface area contributed by atoms with Gasteiger partial charge in [0.25, 0.3) is 0 Å². The van der Waals surface area contributed by atoms with E-state index in [0.717, 1.165) is 38.5 Å². The Bertz CT molecular complexity index is 180. The molecule has 0 bridgehead atoms. The smallest absolute Gasteiger partial charge is 0.289 e. The zero-order valence-electron chi connectivity index (χ0n) is 10.4. The van der Waals surface area contributed by atoms with Gasteiger partial charge in [0.15, 0.2) is 0 Å². The minimum Gasteiger partial charge on any atom is -0.289 e. The lowest BCUT2D eigenvalue weighted by Gasteiger charge is -2.19. The summed E-state index contributed by atoms with van der Waals surface area (Å²) < 4.78 is 40.7. The van der Waals surface area contributed by atoms with E-state index in [1.54, 1.807) is 0 Å². The molecular weight excluding hydrogens is 229 g/mol. The van der Waals surface area contributed by atoms with Crippen molar-refractivity contribution >= 4 is 0 Å². The van der Waals surface area contributed by atoms with Gasteiger partial charge in [-0.05, 0) is 12.8 Å². The fourth-order valence-corrected chi connectivity index (χ4v) is 2.43. The van der Waals surface area contributed by atoms with E-state index in [9.17, 15) is 13.2 Å². The fraction of sp³-hybridized carbons (Fsp3) is 1.00. The molecule has 0 N–H and O–H groups in total. The van der Waals surface area contributed by atoms with Crippen molar-refractivity contribution in [1.82, 2.24) is 0 Å². The van der Waals surface area contributed by atoms with Crippen LogP contribution in [0.25, 0.3) is 0 Å². The Balaban J connectivity index is 2.32. The van der Waals surface area contributed by atoms with Crippen molar-refractivity contribution in [3.63, 3.8) is 0 Å². The third-order valence-electron chi connectivity index (χ3n) is 3.35. The van der Waals surface area contributed by atoms with Crippen LogP contribution >= 0.6 is 0 Å². The maximum atomic E-state index is 12.2. The van der Waals surface area contributed by atoms with Crippen molar-refractivity contribution in [2.45, 2.75) is 83.1 Å². The van der Waals surface area contributed by atoms with Gasteiger partial charge in [0.2, 0.25) is 0 Å². The van der Waals surface area contributed by atoms with Crippen LogP contribution in [-0.2, 0) is 4.74 Å². The molecule has 1 saturated carbocycles. The Morgan fingerprint density at radius 2 is 1.00 bits per heavy atom. The molecule has 0 spiro atoms. The molecule has 0 aromatic rings. The highest BCUT2D eigenvalue weighted by molar-refractivity contribution is 4.62. The second-order valence-electron chi connectivity index (χ2n) is 4.94. The summed E-state index contributed by atoms with van der Waals surface area (Å²) in [6.07, 6.45) is 5.86. The van der Waals surface area contributed by atoms with Crippen LogP contribution in [0.15, 0.2) is 0 Å². The Hall–Kier alpha value is -0.250. The molecule has 1 aliphatic rings. The summed E-state index contributed by atoms with van der Waals surface area (Å²) in [4.78, 5) is 0. The lowest BCUT2D eigenvalue weighted by molar-refractivity contribution is -0.344. The van der Waals surface area contributed by atoms with E-state index in [1.807, 2.05) is 0 Å². The number of hydrogen-bond donors (Lipinski definition) is 0. The monoisotopic (exact) mass is 252 g/mol. The molecular formula is C13H23F3O. The molecule has 1 nitrogen and oxygen atoms in total. The summed E-state index contributed by atoms with van der Waals surface area (Å²) >= 11 is 0. The van der Waals surface area contributed by atoms with Crippen molar-refractivity contribution in [2.24, 2.45) is 0 Å². The van der Waals surface area contributed by atoms with E-state index in [0.29, 0.717) is 12.8 Å². The average Bonchev–Trinajstić information content (AvgIpc) is 2.20. The van der Waals surface area contributed by atoms with Crippen molar-refractivity contribution < 1.29 is 17.9 Å². The zero-order chi connectivity index (χ0) is 12.6. The highest BCUT2D eigenvalue weighted by atomic mass is 19.4. The molecule has 0 aliphatic heterocycles. The van der Waals surface area contributed by atoms with E-state index >= 15 is 0 Å². The zero-order valence-corrected chi connectivity index (χ0v) is 10.4. The van der Waals surface area contributed by atoms with Gasteiger partial charge in [-0.15, -0.1) is 13.2 Å². The van der Waals surface area contributed by atoms with Gasteiger partial charge in [-0.2, -0.15) is 0 Å². The Morgan fingerprint density at radius 3 is 1.35 bits per heavy atom. The Kier molecular flexibility index (Phi) is 6.93. The molecule has 0 atom stereocenters. The minimum atomic E-state index is -4.47. The first kappa shape index (κ1) is 14.8. The van der Waals surface area contributed by atoms with Gasteiger partial charge in [0.05, 0.1) is 6.10 Å². The van der Waals surface area contributed by atoms with Gasteiger partial charge in [-0.1, -0.05) is 57.8 Å². The van der Waals surface area contributed by atoms with E-state index in [1.165, 1.54) is 19.3 Å². The van der Waals surface area contributed by atoms with Gasteiger partial charge in [0, 0.05) is 0 Å². The summed E-state index contributed by atoms with van der Waals surface area (Å²) in [5.41, 5.74) is 0. The first-order valence-electron chi connectivity index (χ1n) is 6.82. The SMILES string of the molecule is FC(F)(F)OC1CCCCCCCCCCC1. The Labute approximate surface area is 102 Å². The van der Waals surface area contributed by atoms with Crippen molar-refractivity contribution in [1.29, 1.82) is 0 Å². The summed E-state index contributed by atoms with van der Waals surface area (Å²) in [7, 11) is 0. The van der Waals surface area contributed by atoms with Gasteiger partial charge in [-0.3, -0.25) is 4.74 Å².